The van der Waals surface area contributed by atoms with E-state index in [4.69, 9.17) is 4.74 Å². The molecular weight excluding hydrogens is 328 g/mol. The van der Waals surface area contributed by atoms with Gasteiger partial charge in [-0.2, -0.15) is 10.2 Å². The van der Waals surface area contributed by atoms with E-state index in [0.29, 0.717) is 24.5 Å². The van der Waals surface area contributed by atoms with Gasteiger partial charge in [0, 0.05) is 29.8 Å². The van der Waals surface area contributed by atoms with Crippen molar-refractivity contribution < 1.29 is 4.74 Å². The topological polar surface area (TPSA) is 91.7 Å². The van der Waals surface area contributed by atoms with Gasteiger partial charge in [-0.05, 0) is 36.4 Å². The molecule has 3 aromatic rings. The Morgan fingerprint density at radius 1 is 1.31 bits per heavy atom. The van der Waals surface area contributed by atoms with Crippen molar-refractivity contribution in [1.82, 2.24) is 15.0 Å². The van der Waals surface area contributed by atoms with Crippen LogP contribution in [0.1, 0.15) is 30.8 Å². The molecule has 132 valence electrons. The third-order valence-corrected chi connectivity index (χ3v) is 4.59. The van der Waals surface area contributed by atoms with Crippen LogP contribution < -0.4 is 10.3 Å². The average molecular weight is 348 g/mol. The van der Waals surface area contributed by atoms with Crippen LogP contribution >= 0.6 is 0 Å². The van der Waals surface area contributed by atoms with Crippen LogP contribution in [0.4, 0.5) is 0 Å². The Bertz CT molecular complexity index is 1050. The Morgan fingerprint density at radius 2 is 2.12 bits per heavy atom. The Morgan fingerprint density at radius 3 is 2.81 bits per heavy atom. The van der Waals surface area contributed by atoms with Gasteiger partial charge in [0.15, 0.2) is 0 Å². The molecule has 2 heterocycles. The molecule has 26 heavy (non-hydrogen) atoms. The van der Waals surface area contributed by atoms with Crippen molar-refractivity contribution in [1.29, 1.82) is 5.26 Å². The molecule has 0 fully saturated rings. The van der Waals surface area contributed by atoms with Gasteiger partial charge in [-0.1, -0.05) is 19.1 Å². The molecule has 1 atom stereocenters. The lowest BCUT2D eigenvalue weighted by atomic mass is 9.80. The number of nitrogens with zero attached hydrogens (tertiary/aromatic N) is 3. The maximum absolute atomic E-state index is 12.1. The Kier molecular flexibility index (Phi) is 4.72. The van der Waals surface area contributed by atoms with Crippen molar-refractivity contribution in [3.05, 3.63) is 63.8 Å². The van der Waals surface area contributed by atoms with Crippen LogP contribution in [-0.4, -0.2) is 22.1 Å². The van der Waals surface area contributed by atoms with Crippen molar-refractivity contribution >= 4 is 10.9 Å². The molecule has 0 aliphatic carbocycles. The highest BCUT2D eigenvalue weighted by Gasteiger charge is 2.29. The number of methoxy groups -OCH3 is 1. The number of ether oxygens (including phenoxy) is 1. The van der Waals surface area contributed by atoms with Gasteiger partial charge in [-0.15, -0.1) is 0 Å². The first-order valence-corrected chi connectivity index (χ1v) is 8.42. The summed E-state index contributed by atoms with van der Waals surface area (Å²) in [6.45, 7) is 3.79. The third kappa shape index (κ3) is 3.29. The summed E-state index contributed by atoms with van der Waals surface area (Å²) in [5.41, 5.74) is 1.35. The zero-order valence-electron chi connectivity index (χ0n) is 15.0. The molecule has 0 radical (unpaired) electrons. The standard InChI is InChI=1S/C20H20N4O2/c1-4-13-9-14-5-6-15(10-16(14)23-19(13)25)20(2,12-21)11-17-22-8-7-18(24-17)26-3/h5-10H,4,11H2,1-3H3,(H,23,25). The molecule has 1 N–H and O–H groups in total. The minimum Gasteiger partial charge on any atom is -0.481 e. The van der Waals surface area contributed by atoms with Gasteiger partial charge in [-0.3, -0.25) is 4.79 Å². The van der Waals surface area contributed by atoms with E-state index in [-0.39, 0.29) is 5.56 Å². The molecule has 0 aliphatic rings. The van der Waals surface area contributed by atoms with E-state index >= 15 is 0 Å². The van der Waals surface area contributed by atoms with E-state index in [1.54, 1.807) is 19.4 Å². The number of fused-ring (bicyclic) bond motifs is 1. The van der Waals surface area contributed by atoms with Gasteiger partial charge < -0.3 is 9.72 Å². The van der Waals surface area contributed by atoms with Gasteiger partial charge in [0.2, 0.25) is 5.88 Å². The maximum atomic E-state index is 12.1. The van der Waals surface area contributed by atoms with Crippen molar-refractivity contribution in [3.8, 4) is 11.9 Å². The number of H-pyrrole nitrogens is 1. The van der Waals surface area contributed by atoms with E-state index in [0.717, 1.165) is 22.0 Å². The van der Waals surface area contributed by atoms with Gasteiger partial charge in [0.05, 0.1) is 18.6 Å². The smallest absolute Gasteiger partial charge is 0.251 e. The van der Waals surface area contributed by atoms with Crippen LogP contribution in [0, 0.1) is 11.3 Å². The van der Waals surface area contributed by atoms with Crippen molar-refractivity contribution in [2.75, 3.05) is 7.11 Å². The summed E-state index contributed by atoms with van der Waals surface area (Å²) in [4.78, 5) is 23.6. The fraction of sp³-hybridized carbons (Fsp3) is 0.300. The largest absolute Gasteiger partial charge is 0.481 e. The number of aromatic amines is 1. The first kappa shape index (κ1) is 17.6. The molecule has 0 saturated heterocycles. The molecule has 1 unspecified atom stereocenters. The second-order valence-corrected chi connectivity index (χ2v) is 6.42. The molecule has 1 aromatic carbocycles. The summed E-state index contributed by atoms with van der Waals surface area (Å²) < 4.78 is 5.13. The molecule has 6 nitrogen and oxygen atoms in total. The second-order valence-electron chi connectivity index (χ2n) is 6.42. The summed E-state index contributed by atoms with van der Waals surface area (Å²) in [5, 5.41) is 10.8. The zero-order chi connectivity index (χ0) is 18.7. The number of nitriles is 1. The van der Waals surface area contributed by atoms with Gasteiger partial charge in [-0.25, -0.2) is 4.98 Å². The molecule has 3 rings (SSSR count). The highest BCUT2D eigenvalue weighted by Crippen LogP contribution is 2.29. The average Bonchev–Trinajstić information content (AvgIpc) is 2.67. The molecule has 0 aliphatic heterocycles. The zero-order valence-corrected chi connectivity index (χ0v) is 15.0. The lowest BCUT2D eigenvalue weighted by Crippen LogP contribution is -2.24. The van der Waals surface area contributed by atoms with Crippen LogP contribution in [0.25, 0.3) is 10.9 Å². The monoisotopic (exact) mass is 348 g/mol. The van der Waals surface area contributed by atoms with E-state index in [1.807, 2.05) is 38.1 Å². The molecule has 0 bridgehead atoms. The minimum atomic E-state index is -0.832. The summed E-state index contributed by atoms with van der Waals surface area (Å²) in [7, 11) is 1.54. The summed E-state index contributed by atoms with van der Waals surface area (Å²) in [5.74, 6) is 0.994. The van der Waals surface area contributed by atoms with Crippen LogP contribution in [-0.2, 0) is 18.3 Å². The van der Waals surface area contributed by atoms with Gasteiger partial charge >= 0.3 is 0 Å². The van der Waals surface area contributed by atoms with Crippen LogP contribution in [0.2, 0.25) is 0 Å². The fourth-order valence-corrected chi connectivity index (χ4v) is 2.95. The lowest BCUT2D eigenvalue weighted by molar-refractivity contribution is 0.393. The first-order chi connectivity index (χ1) is 12.5. The fourth-order valence-electron chi connectivity index (χ4n) is 2.95. The third-order valence-electron chi connectivity index (χ3n) is 4.59. The van der Waals surface area contributed by atoms with Crippen molar-refractivity contribution in [2.24, 2.45) is 0 Å². The maximum Gasteiger partial charge on any atom is 0.251 e. The number of benzene rings is 1. The predicted octanol–water partition coefficient (Wildman–Crippen LogP) is 2.91. The lowest BCUT2D eigenvalue weighted by Gasteiger charge is -2.22. The van der Waals surface area contributed by atoms with E-state index in [9.17, 15) is 10.1 Å². The van der Waals surface area contributed by atoms with Gasteiger partial charge in [0.1, 0.15) is 5.82 Å². The Hall–Kier alpha value is -3.20. The predicted molar refractivity (Wildman–Crippen MR) is 99.2 cm³/mol. The van der Waals surface area contributed by atoms with Crippen molar-refractivity contribution in [3.63, 3.8) is 0 Å². The summed E-state index contributed by atoms with van der Waals surface area (Å²) in [6, 6.07) is 11.6. The number of nitrogens with one attached hydrogen (secondary N) is 1. The first-order valence-electron chi connectivity index (χ1n) is 8.42. The quantitative estimate of drug-likeness (QED) is 0.765. The number of pyridine rings is 1. The van der Waals surface area contributed by atoms with Gasteiger partial charge in [0.25, 0.3) is 5.56 Å². The molecule has 6 heteroatoms. The molecule has 0 saturated carbocycles. The van der Waals surface area contributed by atoms with E-state index < -0.39 is 5.41 Å². The second kappa shape index (κ2) is 6.96. The number of aryl methyl sites for hydroxylation is 1. The SMILES string of the molecule is CCc1cc2ccc(C(C)(C#N)Cc3nccc(OC)n3)cc2[nH]c1=O. The minimum absolute atomic E-state index is 0.0908. The molecular formula is C20H20N4O2. The van der Waals surface area contributed by atoms with E-state index in [1.165, 1.54) is 0 Å². The summed E-state index contributed by atoms with van der Waals surface area (Å²) in [6.07, 6.45) is 2.63. The normalized spacial score (nSPS) is 13.2. The van der Waals surface area contributed by atoms with Crippen LogP contribution in [0.3, 0.4) is 0 Å². The Labute approximate surface area is 151 Å². The molecule has 0 amide bonds. The highest BCUT2D eigenvalue weighted by molar-refractivity contribution is 5.80. The highest BCUT2D eigenvalue weighted by atomic mass is 16.5. The number of aromatic nitrogens is 3. The van der Waals surface area contributed by atoms with Crippen LogP contribution in [0.5, 0.6) is 5.88 Å². The number of rotatable bonds is 5. The number of hydrogen-bond acceptors (Lipinski definition) is 5. The van der Waals surface area contributed by atoms with Crippen LogP contribution in [0.15, 0.2) is 41.3 Å². The van der Waals surface area contributed by atoms with E-state index in [2.05, 4.69) is 21.0 Å². The number of hydrogen-bond donors (Lipinski definition) is 1. The summed E-state index contributed by atoms with van der Waals surface area (Å²) >= 11 is 0. The Balaban J connectivity index is 2.03. The van der Waals surface area contributed by atoms with Crippen molar-refractivity contribution in [2.45, 2.75) is 32.1 Å². The molecule has 0 spiro atoms. The molecule has 2 aromatic heterocycles.